The van der Waals surface area contributed by atoms with Crippen LogP contribution in [0.25, 0.3) is 32.3 Å². The van der Waals surface area contributed by atoms with Crippen LogP contribution in [0.3, 0.4) is 0 Å². The highest BCUT2D eigenvalue weighted by Crippen LogP contribution is 2.33. The molecular weight excluding hydrogens is 264 g/mol. The maximum absolute atomic E-state index is 2.21. The quantitative estimate of drug-likeness (QED) is 0.296. The van der Waals surface area contributed by atoms with E-state index in [9.17, 15) is 0 Å². The Morgan fingerprint density at radius 1 is 0.455 bits per heavy atom. The van der Waals surface area contributed by atoms with Gasteiger partial charge in [0, 0.05) is 0 Å². The Morgan fingerprint density at radius 3 is 0.909 bits per heavy atom. The fraction of sp³-hybridized carbons (Fsp3) is 0.273. The molecule has 0 amide bonds. The molecule has 0 fully saturated rings. The number of rotatable bonds is 0. The average molecular weight is 290 g/mol. The predicted molar refractivity (Wildman–Crippen MR) is 102 cm³/mol. The maximum atomic E-state index is 2.21. The minimum atomic E-state index is 1.25. The van der Waals surface area contributed by atoms with E-state index in [0.29, 0.717) is 0 Å². The van der Waals surface area contributed by atoms with E-state index < -0.39 is 0 Å². The molecule has 0 saturated heterocycles. The van der Waals surface area contributed by atoms with Gasteiger partial charge in [0.05, 0.1) is 0 Å². The van der Waals surface area contributed by atoms with E-state index in [0.717, 1.165) is 0 Å². The van der Waals surface area contributed by atoms with Crippen LogP contribution in [0.15, 0.2) is 60.7 Å². The van der Waals surface area contributed by atoms with Crippen LogP contribution in [0.2, 0.25) is 0 Å². The topological polar surface area (TPSA) is 0 Å². The monoisotopic (exact) mass is 290 g/mol. The lowest BCUT2D eigenvalue weighted by atomic mass is 9.95. The fourth-order valence-electron chi connectivity index (χ4n) is 2.67. The summed E-state index contributed by atoms with van der Waals surface area (Å²) in [5.41, 5.74) is 0. The molecule has 0 heterocycles. The van der Waals surface area contributed by atoms with Crippen LogP contribution in [0, 0.1) is 0 Å². The first kappa shape index (κ1) is 16.3. The van der Waals surface area contributed by atoms with Crippen molar-refractivity contribution in [2.75, 3.05) is 0 Å². The Labute approximate surface area is 134 Å². The standard InChI is InChI=1S/C16H10.2C3H8/c1-3-11-7-9-13-5-2-6-14-10-8-12(4-1)15(11)16(13)14;2*1-3-2/h1-10H;2*3H2,1-2H3. The van der Waals surface area contributed by atoms with Crippen molar-refractivity contribution in [3.8, 4) is 0 Å². The first-order valence-electron chi connectivity index (χ1n) is 8.39. The Bertz CT molecular complexity index is 695. The van der Waals surface area contributed by atoms with Gasteiger partial charge in [-0.3, -0.25) is 0 Å². The van der Waals surface area contributed by atoms with Gasteiger partial charge in [-0.05, 0) is 32.3 Å². The lowest BCUT2D eigenvalue weighted by molar-refractivity contribution is 1.09. The molecule has 0 unspecified atom stereocenters. The molecule has 0 aliphatic heterocycles. The van der Waals surface area contributed by atoms with Gasteiger partial charge in [0.25, 0.3) is 0 Å². The first-order chi connectivity index (χ1) is 10.8. The minimum Gasteiger partial charge on any atom is -0.0656 e. The molecule has 0 radical (unpaired) electrons. The second-order valence-electron chi connectivity index (χ2n) is 5.70. The molecule has 4 aromatic rings. The van der Waals surface area contributed by atoms with Gasteiger partial charge in [-0.25, -0.2) is 0 Å². The lowest BCUT2D eigenvalue weighted by Crippen LogP contribution is -1.82. The van der Waals surface area contributed by atoms with Gasteiger partial charge in [-0.15, -0.1) is 0 Å². The molecule has 0 saturated carbocycles. The Morgan fingerprint density at radius 2 is 0.682 bits per heavy atom. The number of benzene rings is 4. The summed E-state index contributed by atoms with van der Waals surface area (Å²) < 4.78 is 0. The fourth-order valence-corrected chi connectivity index (χ4v) is 2.67. The second kappa shape index (κ2) is 7.79. The van der Waals surface area contributed by atoms with Crippen molar-refractivity contribution < 1.29 is 0 Å². The summed E-state index contributed by atoms with van der Waals surface area (Å²) in [6.45, 7) is 8.50. The molecular formula is C22H26. The summed E-state index contributed by atoms with van der Waals surface area (Å²) in [4.78, 5) is 0. The highest BCUT2D eigenvalue weighted by Gasteiger charge is 2.05. The third-order valence-corrected chi connectivity index (χ3v) is 3.39. The van der Waals surface area contributed by atoms with E-state index in [4.69, 9.17) is 0 Å². The molecule has 4 aromatic carbocycles. The Kier molecular flexibility index (Phi) is 5.77. The van der Waals surface area contributed by atoms with Crippen molar-refractivity contribution >= 4 is 32.3 Å². The smallest absolute Gasteiger partial charge is 0.00268 e. The largest absolute Gasteiger partial charge is 0.0656 e. The molecule has 0 aromatic heterocycles. The number of hydrogen-bond acceptors (Lipinski definition) is 0. The van der Waals surface area contributed by atoms with Crippen molar-refractivity contribution in [2.45, 2.75) is 40.5 Å². The summed E-state index contributed by atoms with van der Waals surface area (Å²) in [5.74, 6) is 0. The van der Waals surface area contributed by atoms with E-state index in [1.54, 1.807) is 0 Å². The Hall–Kier alpha value is -2.08. The van der Waals surface area contributed by atoms with Gasteiger partial charge < -0.3 is 0 Å². The van der Waals surface area contributed by atoms with E-state index >= 15 is 0 Å². The lowest BCUT2D eigenvalue weighted by Gasteiger charge is -2.09. The minimum absolute atomic E-state index is 1.25. The normalized spacial score (nSPS) is 10.2. The zero-order valence-electron chi connectivity index (χ0n) is 14.2. The van der Waals surface area contributed by atoms with E-state index in [1.807, 2.05) is 0 Å². The third kappa shape index (κ3) is 3.22. The summed E-state index contributed by atoms with van der Waals surface area (Å²) >= 11 is 0. The van der Waals surface area contributed by atoms with Crippen molar-refractivity contribution in [3.63, 3.8) is 0 Å². The summed E-state index contributed by atoms with van der Waals surface area (Å²) in [7, 11) is 0. The maximum Gasteiger partial charge on any atom is -0.00268 e. The van der Waals surface area contributed by atoms with Crippen LogP contribution in [0.4, 0.5) is 0 Å². The molecule has 0 aliphatic rings. The van der Waals surface area contributed by atoms with Crippen LogP contribution in [0.1, 0.15) is 40.5 Å². The molecule has 22 heavy (non-hydrogen) atoms. The molecule has 114 valence electrons. The zero-order chi connectivity index (χ0) is 15.9. The summed E-state index contributed by atoms with van der Waals surface area (Å²) in [5, 5.41) is 8.14. The number of hydrogen-bond donors (Lipinski definition) is 0. The van der Waals surface area contributed by atoms with Gasteiger partial charge in [-0.2, -0.15) is 0 Å². The van der Waals surface area contributed by atoms with Gasteiger partial charge in [-0.1, -0.05) is 101 Å². The molecule has 4 rings (SSSR count). The highest BCUT2D eigenvalue weighted by molar-refractivity contribution is 6.22. The van der Waals surface area contributed by atoms with Crippen LogP contribution < -0.4 is 0 Å². The van der Waals surface area contributed by atoms with E-state index in [2.05, 4.69) is 88.4 Å². The molecule has 0 bridgehead atoms. The zero-order valence-corrected chi connectivity index (χ0v) is 14.2. The molecule has 0 heteroatoms. The molecule has 0 nitrogen and oxygen atoms in total. The summed E-state index contributed by atoms with van der Waals surface area (Å²) in [6, 6.07) is 21.9. The van der Waals surface area contributed by atoms with Crippen molar-refractivity contribution in [1.82, 2.24) is 0 Å². The van der Waals surface area contributed by atoms with Crippen LogP contribution in [0.5, 0.6) is 0 Å². The predicted octanol–water partition coefficient (Wildman–Crippen LogP) is 7.42. The molecule has 0 aliphatic carbocycles. The van der Waals surface area contributed by atoms with Crippen molar-refractivity contribution in [1.29, 1.82) is 0 Å². The highest BCUT2D eigenvalue weighted by atomic mass is 14.1. The van der Waals surface area contributed by atoms with Crippen LogP contribution >= 0.6 is 0 Å². The van der Waals surface area contributed by atoms with Gasteiger partial charge in [0.1, 0.15) is 0 Å². The molecule has 0 N–H and O–H groups in total. The van der Waals surface area contributed by atoms with Crippen LogP contribution in [-0.4, -0.2) is 0 Å². The molecule has 0 spiro atoms. The van der Waals surface area contributed by atoms with E-state index in [-0.39, 0.29) is 0 Å². The van der Waals surface area contributed by atoms with Crippen molar-refractivity contribution in [3.05, 3.63) is 60.7 Å². The van der Waals surface area contributed by atoms with Gasteiger partial charge in [0.2, 0.25) is 0 Å². The van der Waals surface area contributed by atoms with Crippen LogP contribution in [-0.2, 0) is 0 Å². The SMILES string of the molecule is CCC.CCC.c1cc2ccc3cccc4ccc(c1)c2c34. The molecule has 0 atom stereocenters. The van der Waals surface area contributed by atoms with E-state index in [1.165, 1.54) is 45.2 Å². The first-order valence-corrected chi connectivity index (χ1v) is 8.39. The van der Waals surface area contributed by atoms with Gasteiger partial charge in [0.15, 0.2) is 0 Å². The third-order valence-electron chi connectivity index (χ3n) is 3.39. The second-order valence-corrected chi connectivity index (χ2v) is 5.70. The van der Waals surface area contributed by atoms with Crippen molar-refractivity contribution in [2.24, 2.45) is 0 Å². The Balaban J connectivity index is 0.000000259. The average Bonchev–Trinajstić information content (AvgIpc) is 2.54. The van der Waals surface area contributed by atoms with Gasteiger partial charge >= 0.3 is 0 Å². The summed E-state index contributed by atoms with van der Waals surface area (Å²) in [6.07, 6.45) is 2.50.